The molecular weight excluding hydrogens is 505 g/mol. The Kier molecular flexibility index (Phi) is 9.75. The molecule has 3 rings (SSSR count). The summed E-state index contributed by atoms with van der Waals surface area (Å²) in [6.07, 6.45) is 2.35. The van der Waals surface area contributed by atoms with Gasteiger partial charge in [0.15, 0.2) is 0 Å². The lowest BCUT2D eigenvalue weighted by Crippen LogP contribution is -2.57. The summed E-state index contributed by atoms with van der Waals surface area (Å²) >= 11 is 0. The van der Waals surface area contributed by atoms with Crippen molar-refractivity contribution in [2.45, 2.75) is 76.2 Å². The van der Waals surface area contributed by atoms with E-state index in [0.717, 1.165) is 18.4 Å². The fraction of sp³-hybridized carbons (Fsp3) is 0.481. The highest BCUT2D eigenvalue weighted by Crippen LogP contribution is 2.36. The fourth-order valence-corrected chi connectivity index (χ4v) is 6.40. The predicted molar refractivity (Wildman–Crippen MR) is 148 cm³/mol. The molecule has 0 bridgehead atoms. The molecule has 9 nitrogen and oxygen atoms in total. The Labute approximate surface area is 225 Å². The first-order valence-corrected chi connectivity index (χ1v) is 14.6. The Bertz CT molecular complexity index is 1240. The van der Waals surface area contributed by atoms with Crippen LogP contribution < -0.4 is 14.9 Å². The van der Waals surface area contributed by atoms with Crippen molar-refractivity contribution in [3.63, 3.8) is 0 Å². The molecule has 2 amide bonds. The van der Waals surface area contributed by atoms with Crippen molar-refractivity contribution in [3.05, 3.63) is 59.7 Å². The van der Waals surface area contributed by atoms with Crippen molar-refractivity contribution in [1.29, 1.82) is 0 Å². The minimum absolute atomic E-state index is 0.0757. The number of nitrogens with one attached hydrogen (secondary N) is 2. The molecule has 1 saturated heterocycles. The lowest BCUT2D eigenvalue weighted by Gasteiger charge is -2.33. The molecule has 0 aromatic heterocycles. The van der Waals surface area contributed by atoms with Crippen LogP contribution in [0.15, 0.2) is 53.4 Å². The minimum Gasteiger partial charge on any atom is -0.426 e. The molecule has 0 radical (unpaired) electrons. The zero-order chi connectivity index (χ0) is 28.1. The zero-order valence-electron chi connectivity index (χ0n) is 22.5. The molecule has 1 aliphatic rings. The minimum atomic E-state index is -3.98. The number of rotatable bonds is 12. The Balaban J connectivity index is 1.86. The standard InChI is InChI=1S/C27H38BN3O6S/c1-5-9-20-12-14-22(15-13-20)38(36,37)30-27(19(3)4)16-17-31(26(27)33)23-11-8-7-10-21(23)18-25(32)29-24(6-2)28(34)35/h7-8,10-15,19,24,30,34-35H,5-6,9,16-18H2,1-4H3,(H,29,32)/t24-,27?/m0/s1. The lowest BCUT2D eigenvalue weighted by molar-refractivity contribution is -0.123. The number of carbonyl (C=O) groups is 2. The van der Waals surface area contributed by atoms with Crippen LogP contribution in [0.4, 0.5) is 5.69 Å². The van der Waals surface area contributed by atoms with E-state index < -0.39 is 34.5 Å². The van der Waals surface area contributed by atoms with Crippen LogP contribution in [0, 0.1) is 5.92 Å². The van der Waals surface area contributed by atoms with E-state index in [2.05, 4.69) is 17.0 Å². The van der Waals surface area contributed by atoms with E-state index in [4.69, 9.17) is 0 Å². The third kappa shape index (κ3) is 6.46. The highest BCUT2D eigenvalue weighted by molar-refractivity contribution is 7.89. The van der Waals surface area contributed by atoms with E-state index in [1.165, 1.54) is 4.90 Å². The van der Waals surface area contributed by atoms with Crippen molar-refractivity contribution in [2.24, 2.45) is 5.92 Å². The summed E-state index contributed by atoms with van der Waals surface area (Å²) in [5.74, 6) is -1.92. The molecule has 1 aliphatic heterocycles. The molecule has 2 aromatic carbocycles. The van der Waals surface area contributed by atoms with Gasteiger partial charge in [0.2, 0.25) is 21.8 Å². The van der Waals surface area contributed by atoms with E-state index in [1.54, 1.807) is 55.5 Å². The zero-order valence-corrected chi connectivity index (χ0v) is 23.3. The molecule has 0 saturated carbocycles. The molecule has 11 heteroatoms. The highest BCUT2D eigenvalue weighted by Gasteiger charge is 2.52. The normalized spacial score (nSPS) is 18.6. The van der Waals surface area contributed by atoms with E-state index in [0.29, 0.717) is 17.7 Å². The molecule has 0 spiro atoms. The molecule has 206 valence electrons. The van der Waals surface area contributed by atoms with E-state index in [9.17, 15) is 28.1 Å². The van der Waals surface area contributed by atoms with Gasteiger partial charge in [-0.3, -0.25) is 9.59 Å². The van der Waals surface area contributed by atoms with Crippen LogP contribution in [0.25, 0.3) is 0 Å². The van der Waals surface area contributed by atoms with Gasteiger partial charge in [0, 0.05) is 12.2 Å². The second kappa shape index (κ2) is 12.4. The largest absolute Gasteiger partial charge is 0.475 e. The van der Waals surface area contributed by atoms with Gasteiger partial charge in [0.25, 0.3) is 0 Å². The molecule has 0 aliphatic carbocycles. The van der Waals surface area contributed by atoms with Crippen LogP contribution in [0.5, 0.6) is 0 Å². The topological polar surface area (TPSA) is 136 Å². The average Bonchev–Trinajstić information content (AvgIpc) is 3.19. The summed E-state index contributed by atoms with van der Waals surface area (Å²) in [6.45, 7) is 7.70. The second-order valence-electron chi connectivity index (χ2n) is 10.1. The quantitative estimate of drug-likeness (QED) is 0.303. The van der Waals surface area contributed by atoms with Crippen molar-refractivity contribution in [3.8, 4) is 0 Å². The van der Waals surface area contributed by atoms with Gasteiger partial charge >= 0.3 is 7.12 Å². The number of amides is 2. The number of anilines is 1. The van der Waals surface area contributed by atoms with Crippen LogP contribution in [0.2, 0.25) is 0 Å². The van der Waals surface area contributed by atoms with Gasteiger partial charge in [0.05, 0.1) is 17.3 Å². The smallest absolute Gasteiger partial charge is 0.426 e. The van der Waals surface area contributed by atoms with Crippen molar-refractivity contribution in [2.75, 3.05) is 11.4 Å². The van der Waals surface area contributed by atoms with Crippen LogP contribution in [0.3, 0.4) is 0 Å². The lowest BCUT2D eigenvalue weighted by atomic mass is 9.78. The maximum Gasteiger partial charge on any atom is 0.475 e. The summed E-state index contributed by atoms with van der Waals surface area (Å²) in [5.41, 5.74) is 0.808. The van der Waals surface area contributed by atoms with Gasteiger partial charge in [-0.25, -0.2) is 8.42 Å². The van der Waals surface area contributed by atoms with Crippen LogP contribution >= 0.6 is 0 Å². The molecule has 1 heterocycles. The molecule has 2 atom stereocenters. The number of para-hydroxylation sites is 1. The number of nitrogens with zero attached hydrogens (tertiary/aromatic N) is 1. The van der Waals surface area contributed by atoms with Crippen molar-refractivity contribution in [1.82, 2.24) is 10.0 Å². The van der Waals surface area contributed by atoms with Crippen molar-refractivity contribution < 1.29 is 28.1 Å². The highest BCUT2D eigenvalue weighted by atomic mass is 32.2. The van der Waals surface area contributed by atoms with Gasteiger partial charge in [-0.15, -0.1) is 0 Å². The number of hydrogen-bond acceptors (Lipinski definition) is 6. The maximum atomic E-state index is 13.9. The van der Waals surface area contributed by atoms with Gasteiger partial charge in [-0.05, 0) is 54.5 Å². The van der Waals surface area contributed by atoms with Crippen LogP contribution in [-0.4, -0.2) is 55.4 Å². The number of carbonyl (C=O) groups excluding carboxylic acids is 2. The van der Waals surface area contributed by atoms with Crippen LogP contribution in [0.1, 0.15) is 58.1 Å². The third-order valence-corrected chi connectivity index (χ3v) is 8.74. The van der Waals surface area contributed by atoms with Gasteiger partial charge in [0.1, 0.15) is 5.54 Å². The summed E-state index contributed by atoms with van der Waals surface area (Å²) in [5, 5.41) is 21.5. The summed E-state index contributed by atoms with van der Waals surface area (Å²) < 4.78 is 29.5. The third-order valence-electron chi connectivity index (χ3n) is 7.21. The Morgan fingerprint density at radius 3 is 2.34 bits per heavy atom. The number of sulfonamides is 1. The summed E-state index contributed by atoms with van der Waals surface area (Å²) in [4.78, 5) is 28.2. The molecule has 1 fully saturated rings. The Morgan fingerprint density at radius 1 is 1.11 bits per heavy atom. The first kappa shape index (κ1) is 29.8. The monoisotopic (exact) mass is 543 g/mol. The van der Waals surface area contributed by atoms with E-state index >= 15 is 0 Å². The van der Waals surface area contributed by atoms with E-state index in [1.807, 2.05) is 13.8 Å². The average molecular weight is 543 g/mol. The number of aryl methyl sites for hydroxylation is 1. The van der Waals surface area contributed by atoms with Gasteiger partial charge < -0.3 is 20.3 Å². The first-order valence-electron chi connectivity index (χ1n) is 13.1. The SMILES string of the molecule is CCCc1ccc(S(=O)(=O)NC2(C(C)C)CCN(c3ccccc3CC(=O)N[C@@H](CC)B(O)O)C2=O)cc1. The van der Waals surface area contributed by atoms with Gasteiger partial charge in [-0.1, -0.05) is 64.4 Å². The molecule has 1 unspecified atom stereocenters. The maximum absolute atomic E-state index is 13.9. The first-order chi connectivity index (χ1) is 17.9. The molecule has 38 heavy (non-hydrogen) atoms. The molecule has 4 N–H and O–H groups in total. The second-order valence-corrected chi connectivity index (χ2v) is 11.8. The van der Waals surface area contributed by atoms with E-state index in [-0.39, 0.29) is 36.1 Å². The summed E-state index contributed by atoms with van der Waals surface area (Å²) in [6, 6.07) is 13.7. The molecule has 2 aromatic rings. The Morgan fingerprint density at radius 2 is 1.76 bits per heavy atom. The van der Waals surface area contributed by atoms with Crippen molar-refractivity contribution >= 4 is 34.6 Å². The summed E-state index contributed by atoms with van der Waals surface area (Å²) in [7, 11) is -5.66. The predicted octanol–water partition coefficient (Wildman–Crippen LogP) is 2.20. The van der Waals surface area contributed by atoms with Crippen LogP contribution in [-0.2, 0) is 32.5 Å². The molecular formula is C27H38BN3O6S. The van der Waals surface area contributed by atoms with Gasteiger partial charge in [-0.2, -0.15) is 4.72 Å². The number of hydrogen-bond donors (Lipinski definition) is 4. The fourth-order valence-electron chi connectivity index (χ4n) is 4.88. The Hall–Kier alpha value is -2.73. The number of benzene rings is 2.